The highest BCUT2D eigenvalue weighted by Crippen LogP contribution is 2.26. The Bertz CT molecular complexity index is 846. The molecule has 2 amide bonds. The van der Waals surface area contributed by atoms with Gasteiger partial charge in [0, 0.05) is 19.6 Å². The maximum absolute atomic E-state index is 12.5. The van der Waals surface area contributed by atoms with Crippen LogP contribution >= 0.6 is 12.4 Å². The molecule has 142 valence electrons. The molecule has 9 heteroatoms. The van der Waals surface area contributed by atoms with Crippen LogP contribution in [-0.4, -0.2) is 59.2 Å². The highest BCUT2D eigenvalue weighted by atomic mass is 35.5. The number of rotatable bonds is 4. The quantitative estimate of drug-likeness (QED) is 0.831. The first-order valence-electron chi connectivity index (χ1n) is 8.38. The lowest BCUT2D eigenvalue weighted by Gasteiger charge is -2.28. The Morgan fingerprint density at radius 2 is 2.11 bits per heavy atom. The molecule has 8 nitrogen and oxygen atoms in total. The van der Waals surface area contributed by atoms with Crippen LogP contribution in [0.25, 0.3) is 0 Å². The number of amides is 2. The van der Waals surface area contributed by atoms with Gasteiger partial charge in [0.05, 0.1) is 24.3 Å². The largest absolute Gasteiger partial charge is 0.478 e. The zero-order valence-corrected chi connectivity index (χ0v) is 15.2. The Morgan fingerprint density at radius 1 is 1.26 bits per heavy atom. The number of benzene rings is 1. The first-order chi connectivity index (χ1) is 12.6. The Hall–Kier alpha value is -2.84. The van der Waals surface area contributed by atoms with Gasteiger partial charge in [0.2, 0.25) is 0 Å². The van der Waals surface area contributed by atoms with E-state index in [4.69, 9.17) is 9.84 Å². The van der Waals surface area contributed by atoms with Crippen molar-refractivity contribution in [2.24, 2.45) is 0 Å². The van der Waals surface area contributed by atoms with E-state index in [0.717, 1.165) is 13.1 Å². The SMILES string of the molecule is Cl.O=C(O)c1cccc(Oc2ccc(N3C[C@@H]4CNCCN4C3=O)nc2)c1. The number of aromatic carboxylic acids is 1. The lowest BCUT2D eigenvalue weighted by molar-refractivity contribution is 0.0696. The van der Waals surface area contributed by atoms with Crippen molar-refractivity contribution in [2.45, 2.75) is 6.04 Å². The Kier molecular flexibility index (Phi) is 5.48. The monoisotopic (exact) mass is 390 g/mol. The van der Waals surface area contributed by atoms with Gasteiger partial charge >= 0.3 is 12.0 Å². The van der Waals surface area contributed by atoms with Crippen LogP contribution in [-0.2, 0) is 0 Å². The third-order valence-electron chi connectivity index (χ3n) is 4.53. The van der Waals surface area contributed by atoms with Gasteiger partial charge in [0.15, 0.2) is 0 Å². The molecule has 2 aliphatic heterocycles. The second kappa shape index (κ2) is 7.81. The molecular weight excluding hydrogens is 372 g/mol. The molecule has 2 fully saturated rings. The molecule has 0 spiro atoms. The normalized spacial score (nSPS) is 18.7. The zero-order valence-electron chi connectivity index (χ0n) is 14.4. The van der Waals surface area contributed by atoms with Crippen LogP contribution in [0, 0.1) is 0 Å². The van der Waals surface area contributed by atoms with E-state index in [2.05, 4.69) is 10.3 Å². The number of hydrogen-bond acceptors (Lipinski definition) is 5. The number of carboxylic acid groups (broad SMARTS) is 1. The Morgan fingerprint density at radius 3 is 2.81 bits per heavy atom. The first kappa shape index (κ1) is 18.9. The third-order valence-corrected chi connectivity index (χ3v) is 4.53. The summed E-state index contributed by atoms with van der Waals surface area (Å²) in [5, 5.41) is 12.3. The molecule has 1 atom stereocenters. The van der Waals surface area contributed by atoms with E-state index in [9.17, 15) is 9.59 Å². The molecule has 0 unspecified atom stereocenters. The molecule has 2 saturated heterocycles. The smallest absolute Gasteiger partial charge is 0.335 e. The number of nitrogens with zero attached hydrogens (tertiary/aromatic N) is 3. The summed E-state index contributed by atoms with van der Waals surface area (Å²) in [4.78, 5) is 31.4. The van der Waals surface area contributed by atoms with Crippen molar-refractivity contribution in [1.82, 2.24) is 15.2 Å². The van der Waals surface area contributed by atoms with Crippen LogP contribution in [0.4, 0.5) is 10.6 Å². The fourth-order valence-electron chi connectivity index (χ4n) is 3.23. The fourth-order valence-corrected chi connectivity index (χ4v) is 3.23. The van der Waals surface area contributed by atoms with E-state index >= 15 is 0 Å². The maximum Gasteiger partial charge on any atom is 0.335 e. The number of hydrogen-bond donors (Lipinski definition) is 2. The Labute approximate surface area is 162 Å². The molecule has 2 N–H and O–H groups in total. The van der Waals surface area contributed by atoms with Crippen molar-refractivity contribution in [2.75, 3.05) is 31.1 Å². The summed E-state index contributed by atoms with van der Waals surface area (Å²) in [5.74, 6) is 0.459. The van der Waals surface area contributed by atoms with E-state index < -0.39 is 5.97 Å². The van der Waals surface area contributed by atoms with Gasteiger partial charge in [-0.15, -0.1) is 12.4 Å². The summed E-state index contributed by atoms with van der Waals surface area (Å²) in [6.45, 7) is 2.93. The molecule has 0 bridgehead atoms. The minimum Gasteiger partial charge on any atom is -0.478 e. The van der Waals surface area contributed by atoms with E-state index in [1.807, 2.05) is 4.90 Å². The fraction of sp³-hybridized carbons (Fsp3) is 0.278. The van der Waals surface area contributed by atoms with Crippen molar-refractivity contribution in [1.29, 1.82) is 0 Å². The van der Waals surface area contributed by atoms with Crippen LogP contribution in [0.2, 0.25) is 0 Å². The number of pyridine rings is 1. The topological polar surface area (TPSA) is 95.0 Å². The van der Waals surface area contributed by atoms with Crippen LogP contribution < -0.4 is 15.0 Å². The van der Waals surface area contributed by atoms with Gasteiger partial charge in [0.25, 0.3) is 0 Å². The molecule has 4 rings (SSSR count). The highest BCUT2D eigenvalue weighted by Gasteiger charge is 2.39. The zero-order chi connectivity index (χ0) is 18.1. The van der Waals surface area contributed by atoms with E-state index in [1.165, 1.54) is 18.3 Å². The van der Waals surface area contributed by atoms with Gasteiger partial charge in [-0.3, -0.25) is 4.90 Å². The van der Waals surface area contributed by atoms with Gasteiger partial charge in [-0.25, -0.2) is 14.6 Å². The molecule has 0 saturated carbocycles. The highest BCUT2D eigenvalue weighted by molar-refractivity contribution is 5.94. The summed E-state index contributed by atoms with van der Waals surface area (Å²) in [6.07, 6.45) is 1.53. The second-order valence-corrected chi connectivity index (χ2v) is 6.23. The molecule has 1 aromatic carbocycles. The Balaban J connectivity index is 0.00000210. The number of fused-ring (bicyclic) bond motifs is 1. The van der Waals surface area contributed by atoms with E-state index in [0.29, 0.717) is 30.4 Å². The second-order valence-electron chi connectivity index (χ2n) is 6.23. The molecule has 2 aromatic rings. The number of ether oxygens (including phenoxy) is 1. The average molecular weight is 391 g/mol. The lowest BCUT2D eigenvalue weighted by Crippen LogP contribution is -2.49. The van der Waals surface area contributed by atoms with Crippen molar-refractivity contribution >= 4 is 30.2 Å². The van der Waals surface area contributed by atoms with Crippen molar-refractivity contribution in [3.8, 4) is 11.5 Å². The third kappa shape index (κ3) is 3.81. The summed E-state index contributed by atoms with van der Waals surface area (Å²) in [7, 11) is 0. The molecule has 2 aliphatic rings. The van der Waals surface area contributed by atoms with Gasteiger partial charge < -0.3 is 20.1 Å². The van der Waals surface area contributed by atoms with Crippen LogP contribution in [0.5, 0.6) is 11.5 Å². The van der Waals surface area contributed by atoms with Crippen molar-refractivity contribution in [3.63, 3.8) is 0 Å². The van der Waals surface area contributed by atoms with Crippen LogP contribution in [0.3, 0.4) is 0 Å². The van der Waals surface area contributed by atoms with Crippen molar-refractivity contribution < 1.29 is 19.4 Å². The first-order valence-corrected chi connectivity index (χ1v) is 8.38. The van der Waals surface area contributed by atoms with Crippen molar-refractivity contribution in [3.05, 3.63) is 48.2 Å². The summed E-state index contributed by atoms with van der Waals surface area (Å²) >= 11 is 0. The van der Waals surface area contributed by atoms with Gasteiger partial charge in [-0.05, 0) is 30.3 Å². The number of anilines is 1. The van der Waals surface area contributed by atoms with Crippen LogP contribution in [0.15, 0.2) is 42.6 Å². The molecular formula is C18H19ClN4O4. The van der Waals surface area contributed by atoms with Gasteiger partial charge in [-0.2, -0.15) is 0 Å². The number of aromatic nitrogens is 1. The summed E-state index contributed by atoms with van der Waals surface area (Å²) in [6, 6.07) is 9.85. The van der Waals surface area contributed by atoms with Gasteiger partial charge in [-0.1, -0.05) is 6.07 Å². The minimum absolute atomic E-state index is 0. The number of carbonyl (C=O) groups excluding carboxylic acids is 1. The number of piperazine rings is 1. The number of halogens is 1. The number of carboxylic acids is 1. The summed E-state index contributed by atoms with van der Waals surface area (Å²) in [5.41, 5.74) is 0.153. The number of nitrogens with one attached hydrogen (secondary N) is 1. The predicted octanol–water partition coefficient (Wildman–Crippen LogP) is 2.21. The van der Waals surface area contributed by atoms with E-state index in [-0.39, 0.29) is 30.0 Å². The maximum atomic E-state index is 12.5. The predicted molar refractivity (Wildman–Crippen MR) is 101 cm³/mol. The molecule has 0 radical (unpaired) electrons. The van der Waals surface area contributed by atoms with Crippen LogP contribution in [0.1, 0.15) is 10.4 Å². The molecule has 1 aromatic heterocycles. The number of urea groups is 1. The summed E-state index contributed by atoms with van der Waals surface area (Å²) < 4.78 is 5.66. The average Bonchev–Trinajstić information content (AvgIpc) is 3.00. The van der Waals surface area contributed by atoms with E-state index in [1.54, 1.807) is 29.2 Å². The molecule has 0 aliphatic carbocycles. The standard InChI is InChI=1S/C18H18N4O4.ClH/c23-17(24)12-2-1-3-14(8-12)26-15-4-5-16(20-10-15)22-11-13-9-19-6-7-21(13)18(22)25;/h1-5,8,10,13,19H,6-7,9,11H2,(H,23,24);1H/t13-;/m0./s1. The lowest BCUT2D eigenvalue weighted by atomic mass is 10.2. The van der Waals surface area contributed by atoms with Gasteiger partial charge in [0.1, 0.15) is 17.3 Å². The molecule has 27 heavy (non-hydrogen) atoms. The molecule has 3 heterocycles. The minimum atomic E-state index is -1.01. The number of carbonyl (C=O) groups is 2.